The summed E-state index contributed by atoms with van der Waals surface area (Å²) in [5.74, 6) is -0.0748. The maximum absolute atomic E-state index is 12.7. The standard InChI is InChI=1S/C21H26O8S/c1-5-28-19-11-14(7-9-17(19)26-3)16(22)13-30(24,25)21(23)15-8-10-18(27-4)20(12-15)29-6-2/h7-12,21,23H,5-6,13H2,1-4H3. The number of rotatable bonds is 11. The van der Waals surface area contributed by atoms with Crippen LogP contribution in [-0.2, 0) is 9.84 Å². The third-order valence-electron chi connectivity index (χ3n) is 4.23. The van der Waals surface area contributed by atoms with E-state index in [1.165, 1.54) is 50.6 Å². The van der Waals surface area contributed by atoms with Crippen LogP contribution in [0.1, 0.15) is 35.2 Å². The van der Waals surface area contributed by atoms with Crippen molar-refractivity contribution >= 4 is 15.6 Å². The maximum atomic E-state index is 12.7. The van der Waals surface area contributed by atoms with Gasteiger partial charge < -0.3 is 24.1 Å². The van der Waals surface area contributed by atoms with Crippen molar-refractivity contribution in [1.82, 2.24) is 0 Å². The number of aliphatic hydroxyl groups excluding tert-OH is 1. The van der Waals surface area contributed by atoms with Gasteiger partial charge >= 0.3 is 0 Å². The molecule has 0 heterocycles. The second kappa shape index (κ2) is 10.3. The van der Waals surface area contributed by atoms with E-state index in [2.05, 4.69) is 0 Å². The van der Waals surface area contributed by atoms with Gasteiger partial charge in [0.2, 0.25) is 0 Å². The molecule has 2 rings (SSSR count). The first-order chi connectivity index (χ1) is 14.3. The molecule has 8 nitrogen and oxygen atoms in total. The Morgan fingerprint density at radius 2 is 1.43 bits per heavy atom. The molecule has 1 unspecified atom stereocenters. The van der Waals surface area contributed by atoms with Crippen molar-refractivity contribution in [2.45, 2.75) is 19.3 Å². The number of ketones is 1. The highest BCUT2D eigenvalue weighted by Gasteiger charge is 2.29. The third-order valence-corrected chi connectivity index (χ3v) is 5.85. The molecule has 0 aromatic heterocycles. The number of carbonyl (C=O) groups is 1. The van der Waals surface area contributed by atoms with Gasteiger partial charge in [0.05, 0.1) is 27.4 Å². The molecule has 0 aliphatic carbocycles. The topological polar surface area (TPSA) is 108 Å². The Morgan fingerprint density at radius 3 is 1.97 bits per heavy atom. The summed E-state index contributed by atoms with van der Waals surface area (Å²) in [6, 6.07) is 8.70. The van der Waals surface area contributed by atoms with Gasteiger partial charge in [-0.3, -0.25) is 4.79 Å². The van der Waals surface area contributed by atoms with Gasteiger partial charge in [-0.05, 0) is 49.7 Å². The molecule has 0 fully saturated rings. The average molecular weight is 438 g/mol. The largest absolute Gasteiger partial charge is 0.493 e. The van der Waals surface area contributed by atoms with Crippen LogP contribution in [0.2, 0.25) is 0 Å². The van der Waals surface area contributed by atoms with Crippen LogP contribution in [0.15, 0.2) is 36.4 Å². The predicted molar refractivity (Wildman–Crippen MR) is 111 cm³/mol. The van der Waals surface area contributed by atoms with E-state index in [4.69, 9.17) is 18.9 Å². The molecule has 0 radical (unpaired) electrons. The van der Waals surface area contributed by atoms with Crippen LogP contribution in [-0.4, -0.2) is 52.5 Å². The fourth-order valence-corrected chi connectivity index (χ4v) is 4.04. The highest BCUT2D eigenvalue weighted by atomic mass is 32.2. The van der Waals surface area contributed by atoms with E-state index in [-0.39, 0.29) is 11.1 Å². The summed E-state index contributed by atoms with van der Waals surface area (Å²) < 4.78 is 46.5. The van der Waals surface area contributed by atoms with Crippen molar-refractivity contribution in [2.75, 3.05) is 33.2 Å². The van der Waals surface area contributed by atoms with Crippen LogP contribution >= 0.6 is 0 Å². The highest BCUT2D eigenvalue weighted by Crippen LogP contribution is 2.33. The first-order valence-electron chi connectivity index (χ1n) is 9.31. The van der Waals surface area contributed by atoms with E-state index in [1.54, 1.807) is 13.8 Å². The number of Topliss-reactive ketones (excluding diaryl/α,β-unsaturated/α-hetero) is 1. The number of carbonyl (C=O) groups excluding carboxylic acids is 1. The van der Waals surface area contributed by atoms with E-state index in [0.717, 1.165) is 0 Å². The molecule has 164 valence electrons. The van der Waals surface area contributed by atoms with Gasteiger partial charge in [0.15, 0.2) is 44.1 Å². The Morgan fingerprint density at radius 1 is 0.900 bits per heavy atom. The van der Waals surface area contributed by atoms with Crippen molar-refractivity contribution in [3.8, 4) is 23.0 Å². The number of hydrogen-bond donors (Lipinski definition) is 1. The van der Waals surface area contributed by atoms with E-state index in [0.29, 0.717) is 36.2 Å². The van der Waals surface area contributed by atoms with Gasteiger partial charge in [-0.2, -0.15) is 0 Å². The molecular formula is C21H26O8S. The molecule has 2 aromatic rings. The lowest BCUT2D eigenvalue weighted by Gasteiger charge is -2.16. The number of sulfone groups is 1. The Balaban J connectivity index is 2.26. The summed E-state index contributed by atoms with van der Waals surface area (Å²) in [6.07, 6.45) is 0. The molecule has 0 saturated heterocycles. The Bertz CT molecular complexity index is 984. The zero-order valence-corrected chi connectivity index (χ0v) is 18.2. The number of benzene rings is 2. The molecule has 1 atom stereocenters. The fourth-order valence-electron chi connectivity index (χ4n) is 2.79. The lowest BCUT2D eigenvalue weighted by atomic mass is 10.1. The lowest BCUT2D eigenvalue weighted by molar-refractivity contribution is 0.101. The van der Waals surface area contributed by atoms with Crippen molar-refractivity contribution in [2.24, 2.45) is 0 Å². The summed E-state index contributed by atoms with van der Waals surface area (Å²) >= 11 is 0. The van der Waals surface area contributed by atoms with Gasteiger partial charge in [-0.25, -0.2) is 8.42 Å². The molecule has 1 N–H and O–H groups in total. The van der Waals surface area contributed by atoms with Gasteiger partial charge in [0.25, 0.3) is 0 Å². The SMILES string of the molecule is CCOc1cc(C(=O)CS(=O)(=O)C(O)c2ccc(OC)c(OCC)c2)ccc1OC. The summed E-state index contributed by atoms with van der Waals surface area (Å²) in [5.41, 5.74) is -1.67. The molecule has 2 aromatic carbocycles. The van der Waals surface area contributed by atoms with Gasteiger partial charge in [0.1, 0.15) is 5.75 Å². The molecule has 0 aliphatic heterocycles. The van der Waals surface area contributed by atoms with E-state index < -0.39 is 26.8 Å². The molecule has 0 bridgehead atoms. The van der Waals surface area contributed by atoms with Crippen LogP contribution in [0, 0.1) is 0 Å². The van der Waals surface area contributed by atoms with Crippen LogP contribution in [0.25, 0.3) is 0 Å². The minimum absolute atomic E-state index is 0.0804. The van der Waals surface area contributed by atoms with E-state index >= 15 is 0 Å². The fraction of sp³-hybridized carbons (Fsp3) is 0.381. The minimum Gasteiger partial charge on any atom is -0.493 e. The van der Waals surface area contributed by atoms with Crippen LogP contribution in [0.3, 0.4) is 0 Å². The quantitative estimate of drug-likeness (QED) is 0.534. The van der Waals surface area contributed by atoms with Crippen LogP contribution in [0.4, 0.5) is 0 Å². The van der Waals surface area contributed by atoms with Gasteiger partial charge in [-0.1, -0.05) is 6.07 Å². The third kappa shape index (κ3) is 5.43. The van der Waals surface area contributed by atoms with Crippen molar-refractivity contribution < 1.29 is 37.3 Å². The summed E-state index contributed by atoms with van der Waals surface area (Å²) in [4.78, 5) is 12.6. The number of ether oxygens (including phenoxy) is 4. The molecule has 0 amide bonds. The smallest absolute Gasteiger partial charge is 0.188 e. The zero-order valence-electron chi connectivity index (χ0n) is 17.4. The van der Waals surface area contributed by atoms with Crippen molar-refractivity contribution in [3.05, 3.63) is 47.5 Å². The summed E-state index contributed by atoms with van der Waals surface area (Å²) in [7, 11) is -1.30. The summed E-state index contributed by atoms with van der Waals surface area (Å²) in [5, 5.41) is 10.4. The first-order valence-corrected chi connectivity index (χ1v) is 11.0. The number of methoxy groups -OCH3 is 2. The van der Waals surface area contributed by atoms with Crippen molar-refractivity contribution in [3.63, 3.8) is 0 Å². The lowest BCUT2D eigenvalue weighted by Crippen LogP contribution is -2.22. The molecule has 9 heteroatoms. The Kier molecular flexibility index (Phi) is 8.08. The second-order valence-electron chi connectivity index (χ2n) is 6.22. The normalized spacial score (nSPS) is 12.2. The molecule has 0 saturated carbocycles. The average Bonchev–Trinajstić information content (AvgIpc) is 2.73. The Labute approximate surface area is 176 Å². The Hall–Kier alpha value is -2.78. The van der Waals surface area contributed by atoms with E-state index in [1.807, 2.05) is 0 Å². The van der Waals surface area contributed by atoms with Crippen LogP contribution < -0.4 is 18.9 Å². The maximum Gasteiger partial charge on any atom is 0.188 e. The first kappa shape index (κ1) is 23.5. The minimum atomic E-state index is -4.22. The number of hydrogen-bond acceptors (Lipinski definition) is 8. The monoisotopic (exact) mass is 438 g/mol. The summed E-state index contributed by atoms with van der Waals surface area (Å²) in [6.45, 7) is 4.23. The van der Waals surface area contributed by atoms with Gasteiger partial charge in [0, 0.05) is 5.56 Å². The predicted octanol–water partition coefficient (Wildman–Crippen LogP) is 2.79. The molecule has 0 aliphatic rings. The number of aliphatic hydroxyl groups is 1. The zero-order chi connectivity index (χ0) is 22.3. The van der Waals surface area contributed by atoms with Crippen molar-refractivity contribution in [1.29, 1.82) is 0 Å². The van der Waals surface area contributed by atoms with Crippen LogP contribution in [0.5, 0.6) is 23.0 Å². The van der Waals surface area contributed by atoms with E-state index in [9.17, 15) is 18.3 Å². The molecule has 0 spiro atoms. The highest BCUT2D eigenvalue weighted by molar-refractivity contribution is 7.92. The molecular weight excluding hydrogens is 412 g/mol. The second-order valence-corrected chi connectivity index (χ2v) is 8.29. The molecule has 30 heavy (non-hydrogen) atoms. The van der Waals surface area contributed by atoms with Gasteiger partial charge in [-0.15, -0.1) is 0 Å².